The number of esters is 1. The topological polar surface area (TPSA) is 85.5 Å². The zero-order valence-electron chi connectivity index (χ0n) is 10.7. The summed E-state index contributed by atoms with van der Waals surface area (Å²) in [6.45, 7) is 1.82. The zero-order valence-corrected chi connectivity index (χ0v) is 10.7. The number of benzene rings is 1. The second-order valence-electron chi connectivity index (χ2n) is 4.35. The van der Waals surface area contributed by atoms with Gasteiger partial charge < -0.3 is 14.5 Å². The van der Waals surface area contributed by atoms with E-state index in [9.17, 15) is 14.4 Å². The molecule has 0 atom stereocenters. The molecule has 0 spiro atoms. The maximum absolute atomic E-state index is 12.3. The van der Waals surface area contributed by atoms with E-state index in [1.807, 2.05) is 0 Å². The van der Waals surface area contributed by atoms with E-state index < -0.39 is 11.4 Å². The number of ether oxygens (including phenoxy) is 2. The van der Waals surface area contributed by atoms with E-state index in [0.717, 1.165) is 0 Å². The molecule has 1 aliphatic rings. The minimum absolute atomic E-state index is 0.0125. The quantitative estimate of drug-likeness (QED) is 0.833. The van der Waals surface area contributed by atoms with E-state index in [1.165, 1.54) is 6.07 Å². The minimum atomic E-state index is -0.503. The molecule has 0 aliphatic carbocycles. The third kappa shape index (κ3) is 1.77. The highest BCUT2D eigenvalue weighted by Crippen LogP contribution is 2.23. The summed E-state index contributed by atoms with van der Waals surface area (Å²) in [7, 11) is 0. The molecule has 0 radical (unpaired) electrons. The Kier molecular flexibility index (Phi) is 2.78. The number of nitrogens with one attached hydrogen (secondary N) is 1. The molecule has 102 valence electrons. The lowest BCUT2D eigenvalue weighted by Crippen LogP contribution is -2.14. The first-order valence-corrected chi connectivity index (χ1v) is 6.15. The van der Waals surface area contributed by atoms with Crippen molar-refractivity contribution in [3.63, 3.8) is 0 Å². The fourth-order valence-electron chi connectivity index (χ4n) is 2.18. The van der Waals surface area contributed by atoms with E-state index in [-0.39, 0.29) is 41.4 Å². The van der Waals surface area contributed by atoms with Gasteiger partial charge in [-0.1, -0.05) is 0 Å². The van der Waals surface area contributed by atoms with E-state index >= 15 is 0 Å². The Morgan fingerprint density at radius 2 is 2.20 bits per heavy atom. The number of H-pyrrole nitrogens is 1. The van der Waals surface area contributed by atoms with E-state index in [0.29, 0.717) is 5.52 Å². The average Bonchev–Trinajstić information content (AvgIpc) is 2.80. The molecule has 0 unspecified atom stereocenters. The fraction of sp³-hybridized carbons (Fsp3) is 0.214. The number of Topliss-reactive ketones (excluding diaryl/α,β-unsaturated/α-hetero) is 1. The number of ketones is 1. The van der Waals surface area contributed by atoms with E-state index in [2.05, 4.69) is 4.98 Å². The molecule has 0 fully saturated rings. The lowest BCUT2D eigenvalue weighted by molar-refractivity contribution is 0.0526. The summed E-state index contributed by atoms with van der Waals surface area (Å²) in [6.07, 6.45) is 0. The van der Waals surface area contributed by atoms with Crippen molar-refractivity contribution in [2.24, 2.45) is 0 Å². The highest BCUT2D eigenvalue weighted by molar-refractivity contribution is 6.04. The molecule has 0 bridgehead atoms. The Labute approximate surface area is 113 Å². The molecular formula is C14H11NO5. The molecule has 3 rings (SSSR count). The highest BCUT2D eigenvalue weighted by Gasteiger charge is 2.27. The summed E-state index contributed by atoms with van der Waals surface area (Å²) in [5.74, 6) is -0.669. The lowest BCUT2D eigenvalue weighted by atomic mass is 10.1. The molecule has 1 N–H and O–H groups in total. The first-order valence-electron chi connectivity index (χ1n) is 6.15. The Hall–Kier alpha value is -2.63. The first kappa shape index (κ1) is 12.4. The summed E-state index contributed by atoms with van der Waals surface area (Å²) in [5.41, 5.74) is 0.369. The molecular weight excluding hydrogens is 262 g/mol. The Morgan fingerprint density at radius 1 is 1.40 bits per heavy atom. The van der Waals surface area contributed by atoms with Gasteiger partial charge in [-0.15, -0.1) is 0 Å². The van der Waals surface area contributed by atoms with Crippen LogP contribution >= 0.6 is 0 Å². The van der Waals surface area contributed by atoms with Gasteiger partial charge in [0.25, 0.3) is 0 Å². The van der Waals surface area contributed by atoms with Crippen LogP contribution in [0.2, 0.25) is 0 Å². The van der Waals surface area contributed by atoms with Gasteiger partial charge in [-0.05, 0) is 25.1 Å². The van der Waals surface area contributed by atoms with E-state index in [4.69, 9.17) is 9.47 Å². The summed E-state index contributed by atoms with van der Waals surface area (Å²) in [5, 5.41) is 0.271. The third-order valence-corrected chi connectivity index (χ3v) is 3.10. The average molecular weight is 273 g/mol. The SMILES string of the molecule is CCOC(=O)c1ccc2[nH]c3c(c(=O)c2c1)C(=O)CO3. The summed E-state index contributed by atoms with van der Waals surface area (Å²) < 4.78 is 10.0. The highest BCUT2D eigenvalue weighted by atomic mass is 16.5. The first-order chi connectivity index (χ1) is 9.61. The van der Waals surface area contributed by atoms with Crippen molar-refractivity contribution in [3.05, 3.63) is 39.5 Å². The maximum Gasteiger partial charge on any atom is 0.338 e. The van der Waals surface area contributed by atoms with Crippen LogP contribution < -0.4 is 10.2 Å². The second-order valence-corrected chi connectivity index (χ2v) is 4.35. The van der Waals surface area contributed by atoms with Crippen LogP contribution in [-0.2, 0) is 4.74 Å². The van der Waals surface area contributed by atoms with Crippen LogP contribution in [0.15, 0.2) is 23.0 Å². The van der Waals surface area contributed by atoms with Crippen LogP contribution in [0.4, 0.5) is 0 Å². The van der Waals surface area contributed by atoms with Gasteiger partial charge in [-0.25, -0.2) is 4.79 Å². The van der Waals surface area contributed by atoms with Crippen LogP contribution in [0.5, 0.6) is 5.88 Å². The molecule has 0 saturated carbocycles. The van der Waals surface area contributed by atoms with Gasteiger partial charge >= 0.3 is 5.97 Å². The number of rotatable bonds is 2. The Bertz CT molecular complexity index is 790. The number of hydrogen-bond acceptors (Lipinski definition) is 5. The molecule has 0 amide bonds. The standard InChI is InChI=1S/C14H11NO5/c1-2-19-14(18)7-3-4-9-8(5-7)12(17)11-10(16)6-20-13(11)15-9/h3-5H,2,6H2,1H3,(H,15,17). The second kappa shape index (κ2) is 4.48. The maximum atomic E-state index is 12.3. The van der Waals surface area contributed by atoms with Crippen LogP contribution in [0.1, 0.15) is 27.6 Å². The van der Waals surface area contributed by atoms with Crippen LogP contribution in [0.3, 0.4) is 0 Å². The van der Waals surface area contributed by atoms with Crippen molar-refractivity contribution in [1.29, 1.82) is 0 Å². The van der Waals surface area contributed by atoms with Crippen molar-refractivity contribution in [3.8, 4) is 5.88 Å². The van der Waals surface area contributed by atoms with Gasteiger partial charge in [0, 0.05) is 5.39 Å². The summed E-state index contributed by atoms with van der Waals surface area (Å²) in [4.78, 5) is 38.5. The number of carbonyl (C=O) groups excluding carboxylic acids is 2. The predicted octanol–water partition coefficient (Wildman–Crippen LogP) is 1.28. The van der Waals surface area contributed by atoms with Gasteiger partial charge in [0.05, 0.1) is 17.7 Å². The van der Waals surface area contributed by atoms with Crippen molar-refractivity contribution in [1.82, 2.24) is 4.98 Å². The Balaban J connectivity index is 2.22. The number of carbonyl (C=O) groups is 2. The normalized spacial score (nSPS) is 13.2. The molecule has 6 nitrogen and oxygen atoms in total. The van der Waals surface area contributed by atoms with Crippen molar-refractivity contribution < 1.29 is 19.1 Å². The number of pyridine rings is 1. The molecule has 2 heterocycles. The van der Waals surface area contributed by atoms with Crippen LogP contribution in [0, 0.1) is 0 Å². The molecule has 1 aliphatic heterocycles. The smallest absolute Gasteiger partial charge is 0.338 e. The van der Waals surface area contributed by atoms with Gasteiger partial charge in [-0.2, -0.15) is 0 Å². The van der Waals surface area contributed by atoms with Gasteiger partial charge in [0.15, 0.2) is 6.61 Å². The van der Waals surface area contributed by atoms with Crippen molar-refractivity contribution in [2.45, 2.75) is 6.92 Å². The fourth-order valence-corrected chi connectivity index (χ4v) is 2.18. The van der Waals surface area contributed by atoms with Gasteiger partial charge in [-0.3, -0.25) is 9.59 Å². The lowest BCUT2D eigenvalue weighted by Gasteiger charge is -2.05. The Morgan fingerprint density at radius 3 is 2.95 bits per heavy atom. The molecule has 6 heteroatoms. The molecule has 20 heavy (non-hydrogen) atoms. The van der Waals surface area contributed by atoms with E-state index in [1.54, 1.807) is 19.1 Å². The van der Waals surface area contributed by atoms with Crippen LogP contribution in [0.25, 0.3) is 10.9 Å². The third-order valence-electron chi connectivity index (χ3n) is 3.10. The van der Waals surface area contributed by atoms with Crippen molar-refractivity contribution in [2.75, 3.05) is 13.2 Å². The molecule has 0 saturated heterocycles. The molecule has 1 aromatic carbocycles. The minimum Gasteiger partial charge on any atom is -0.470 e. The molecule has 1 aromatic heterocycles. The zero-order chi connectivity index (χ0) is 14.3. The number of aromatic nitrogens is 1. The summed E-state index contributed by atoms with van der Waals surface area (Å²) >= 11 is 0. The van der Waals surface area contributed by atoms with Gasteiger partial charge in [0.1, 0.15) is 5.56 Å². The molecule has 2 aromatic rings. The van der Waals surface area contributed by atoms with Crippen LogP contribution in [-0.4, -0.2) is 30.0 Å². The monoisotopic (exact) mass is 273 g/mol. The number of aromatic amines is 1. The number of hydrogen-bond donors (Lipinski definition) is 1. The van der Waals surface area contributed by atoms with Gasteiger partial charge in [0.2, 0.25) is 17.1 Å². The predicted molar refractivity (Wildman–Crippen MR) is 70.4 cm³/mol. The summed E-state index contributed by atoms with van der Waals surface area (Å²) in [6, 6.07) is 4.58. The van der Waals surface area contributed by atoms with Crippen molar-refractivity contribution >= 4 is 22.7 Å². The largest absolute Gasteiger partial charge is 0.470 e. The number of fused-ring (bicyclic) bond motifs is 2.